The molecule has 17 heavy (non-hydrogen) atoms. The SMILES string of the molecule is CCn1ccc(CCc2cc(O)cc(C)n2)n1. The summed E-state index contributed by atoms with van der Waals surface area (Å²) in [6.45, 7) is 4.84. The summed E-state index contributed by atoms with van der Waals surface area (Å²) in [6, 6.07) is 5.40. The Morgan fingerprint density at radius 3 is 2.65 bits per heavy atom. The monoisotopic (exact) mass is 231 g/mol. The number of rotatable bonds is 4. The van der Waals surface area contributed by atoms with E-state index in [9.17, 15) is 5.11 Å². The van der Waals surface area contributed by atoms with Gasteiger partial charge in [0.15, 0.2) is 0 Å². The molecule has 2 rings (SSSR count). The van der Waals surface area contributed by atoms with Crippen LogP contribution in [0.2, 0.25) is 0 Å². The Balaban J connectivity index is 2.01. The minimum Gasteiger partial charge on any atom is -0.508 e. The summed E-state index contributed by atoms with van der Waals surface area (Å²) in [5.41, 5.74) is 2.82. The van der Waals surface area contributed by atoms with Gasteiger partial charge in [-0.1, -0.05) is 0 Å². The molecule has 0 aliphatic heterocycles. The molecule has 0 aliphatic carbocycles. The minimum atomic E-state index is 0.284. The largest absolute Gasteiger partial charge is 0.508 e. The maximum Gasteiger partial charge on any atom is 0.119 e. The van der Waals surface area contributed by atoms with Gasteiger partial charge >= 0.3 is 0 Å². The molecular weight excluding hydrogens is 214 g/mol. The van der Waals surface area contributed by atoms with Crippen molar-refractivity contribution >= 4 is 0 Å². The second-order valence-corrected chi connectivity index (χ2v) is 4.12. The predicted octanol–water partition coefficient (Wildman–Crippen LogP) is 2.10. The lowest BCUT2D eigenvalue weighted by atomic mass is 10.1. The third kappa shape index (κ3) is 3.06. The van der Waals surface area contributed by atoms with E-state index < -0.39 is 0 Å². The highest BCUT2D eigenvalue weighted by atomic mass is 16.3. The quantitative estimate of drug-likeness (QED) is 0.876. The van der Waals surface area contributed by atoms with E-state index in [4.69, 9.17) is 0 Å². The Labute approximate surface area is 101 Å². The molecule has 0 unspecified atom stereocenters. The molecule has 0 spiro atoms. The average Bonchev–Trinajstić information content (AvgIpc) is 2.73. The molecule has 0 bridgehead atoms. The predicted molar refractivity (Wildman–Crippen MR) is 65.9 cm³/mol. The standard InChI is InChI=1S/C13H17N3O/c1-3-16-7-6-11(15-16)4-5-12-9-13(17)8-10(2)14-12/h6-9H,3-5H2,1-2H3,(H,14,17). The van der Waals surface area contributed by atoms with Gasteiger partial charge < -0.3 is 5.11 Å². The Kier molecular flexibility index (Phi) is 3.42. The molecule has 0 aliphatic rings. The molecule has 0 atom stereocenters. The highest BCUT2D eigenvalue weighted by Crippen LogP contribution is 2.13. The van der Waals surface area contributed by atoms with E-state index in [1.165, 1.54) is 0 Å². The first-order chi connectivity index (χ1) is 8.17. The smallest absolute Gasteiger partial charge is 0.119 e. The van der Waals surface area contributed by atoms with Gasteiger partial charge in [-0.15, -0.1) is 0 Å². The van der Waals surface area contributed by atoms with Gasteiger partial charge in [-0.25, -0.2) is 0 Å². The van der Waals surface area contributed by atoms with Crippen LogP contribution in [0.15, 0.2) is 24.4 Å². The van der Waals surface area contributed by atoms with E-state index in [-0.39, 0.29) is 5.75 Å². The van der Waals surface area contributed by atoms with Crippen LogP contribution in [-0.4, -0.2) is 19.9 Å². The number of hydrogen-bond acceptors (Lipinski definition) is 3. The Morgan fingerprint density at radius 1 is 1.24 bits per heavy atom. The lowest BCUT2D eigenvalue weighted by molar-refractivity contribution is 0.472. The molecule has 1 N–H and O–H groups in total. The maximum absolute atomic E-state index is 9.47. The highest BCUT2D eigenvalue weighted by Gasteiger charge is 2.02. The topological polar surface area (TPSA) is 50.9 Å². The number of aromatic nitrogens is 3. The van der Waals surface area contributed by atoms with E-state index in [0.717, 1.165) is 36.5 Å². The molecule has 4 nitrogen and oxygen atoms in total. The average molecular weight is 231 g/mol. The molecule has 0 saturated heterocycles. The highest BCUT2D eigenvalue weighted by molar-refractivity contribution is 5.25. The van der Waals surface area contributed by atoms with Crippen molar-refractivity contribution in [1.82, 2.24) is 14.8 Å². The van der Waals surface area contributed by atoms with Gasteiger partial charge in [-0.2, -0.15) is 5.10 Å². The van der Waals surface area contributed by atoms with Crippen LogP contribution in [-0.2, 0) is 19.4 Å². The molecule has 2 heterocycles. The number of pyridine rings is 1. The lowest BCUT2D eigenvalue weighted by Crippen LogP contribution is -1.99. The second-order valence-electron chi connectivity index (χ2n) is 4.12. The second kappa shape index (κ2) is 4.99. The van der Waals surface area contributed by atoms with Crippen molar-refractivity contribution in [2.24, 2.45) is 0 Å². The zero-order chi connectivity index (χ0) is 12.3. The molecule has 0 fully saturated rings. The molecule has 2 aromatic rings. The first-order valence-corrected chi connectivity index (χ1v) is 5.86. The van der Waals surface area contributed by atoms with Crippen molar-refractivity contribution in [3.63, 3.8) is 0 Å². The Morgan fingerprint density at radius 2 is 2.00 bits per heavy atom. The fourth-order valence-electron chi connectivity index (χ4n) is 1.81. The molecule has 0 saturated carbocycles. The van der Waals surface area contributed by atoms with E-state index >= 15 is 0 Å². The summed E-state index contributed by atoms with van der Waals surface area (Å²) in [4.78, 5) is 4.38. The van der Waals surface area contributed by atoms with Crippen molar-refractivity contribution in [3.05, 3.63) is 41.5 Å². The number of aromatic hydroxyl groups is 1. The third-order valence-electron chi connectivity index (χ3n) is 2.65. The normalized spacial score (nSPS) is 10.7. The van der Waals surface area contributed by atoms with Gasteiger partial charge in [-0.05, 0) is 32.8 Å². The summed E-state index contributed by atoms with van der Waals surface area (Å²) in [6.07, 6.45) is 3.63. The van der Waals surface area contributed by atoms with Gasteiger partial charge in [0, 0.05) is 36.3 Å². The van der Waals surface area contributed by atoms with Crippen LogP contribution in [0.5, 0.6) is 5.75 Å². The van der Waals surface area contributed by atoms with Crippen LogP contribution in [0.3, 0.4) is 0 Å². The number of aryl methyl sites for hydroxylation is 4. The molecule has 4 heteroatoms. The van der Waals surface area contributed by atoms with Crippen LogP contribution < -0.4 is 0 Å². The Hall–Kier alpha value is -1.84. The van der Waals surface area contributed by atoms with Gasteiger partial charge in [-0.3, -0.25) is 9.67 Å². The molecule has 90 valence electrons. The van der Waals surface area contributed by atoms with Crippen LogP contribution in [0, 0.1) is 6.92 Å². The zero-order valence-electron chi connectivity index (χ0n) is 10.2. The van der Waals surface area contributed by atoms with Crippen molar-refractivity contribution in [2.75, 3.05) is 0 Å². The van der Waals surface area contributed by atoms with Crippen molar-refractivity contribution < 1.29 is 5.11 Å². The van der Waals surface area contributed by atoms with Gasteiger partial charge in [0.05, 0.1) is 5.69 Å². The van der Waals surface area contributed by atoms with Gasteiger partial charge in [0.2, 0.25) is 0 Å². The fourth-order valence-corrected chi connectivity index (χ4v) is 1.81. The molecule has 0 radical (unpaired) electrons. The van der Waals surface area contributed by atoms with Crippen LogP contribution in [0.4, 0.5) is 0 Å². The number of nitrogens with zero attached hydrogens (tertiary/aromatic N) is 3. The zero-order valence-corrected chi connectivity index (χ0v) is 10.2. The molecular formula is C13H17N3O. The van der Waals surface area contributed by atoms with Crippen molar-refractivity contribution in [2.45, 2.75) is 33.2 Å². The summed E-state index contributed by atoms with van der Waals surface area (Å²) in [5.74, 6) is 0.284. The molecule has 2 aromatic heterocycles. The Bertz CT molecular complexity index is 485. The molecule has 0 amide bonds. The third-order valence-corrected chi connectivity index (χ3v) is 2.65. The first-order valence-electron chi connectivity index (χ1n) is 5.86. The first kappa shape index (κ1) is 11.6. The summed E-state index contributed by atoms with van der Waals surface area (Å²) in [7, 11) is 0. The minimum absolute atomic E-state index is 0.284. The van der Waals surface area contributed by atoms with E-state index in [1.807, 2.05) is 23.9 Å². The maximum atomic E-state index is 9.47. The fraction of sp³-hybridized carbons (Fsp3) is 0.385. The summed E-state index contributed by atoms with van der Waals surface area (Å²) < 4.78 is 1.91. The van der Waals surface area contributed by atoms with E-state index in [1.54, 1.807) is 12.1 Å². The van der Waals surface area contributed by atoms with Crippen molar-refractivity contribution in [1.29, 1.82) is 0 Å². The van der Waals surface area contributed by atoms with Crippen LogP contribution in [0.1, 0.15) is 24.0 Å². The summed E-state index contributed by atoms with van der Waals surface area (Å²) >= 11 is 0. The van der Waals surface area contributed by atoms with Crippen molar-refractivity contribution in [3.8, 4) is 5.75 Å². The lowest BCUT2D eigenvalue weighted by Gasteiger charge is -2.02. The van der Waals surface area contributed by atoms with E-state index in [0.29, 0.717) is 0 Å². The van der Waals surface area contributed by atoms with Crippen LogP contribution in [0.25, 0.3) is 0 Å². The van der Waals surface area contributed by atoms with Gasteiger partial charge in [0.25, 0.3) is 0 Å². The van der Waals surface area contributed by atoms with E-state index in [2.05, 4.69) is 17.0 Å². The van der Waals surface area contributed by atoms with Gasteiger partial charge in [0.1, 0.15) is 5.75 Å². The molecule has 0 aromatic carbocycles. The summed E-state index contributed by atoms with van der Waals surface area (Å²) in [5, 5.41) is 13.9. The number of hydrogen-bond donors (Lipinski definition) is 1. The van der Waals surface area contributed by atoms with Crippen LogP contribution >= 0.6 is 0 Å².